The SMILES string of the molecule is Cc1c(NC(=O)[C@@H]2CC(c3cccc(Br)c3)=NO2)c(=O)n(-c2ccccc2)n1C. The molecule has 1 aliphatic rings. The highest BCUT2D eigenvalue weighted by Crippen LogP contribution is 2.21. The van der Waals surface area contributed by atoms with Crippen molar-refractivity contribution >= 4 is 33.2 Å². The van der Waals surface area contributed by atoms with Gasteiger partial charge in [-0.15, -0.1) is 0 Å². The van der Waals surface area contributed by atoms with Crippen molar-refractivity contribution in [2.45, 2.75) is 19.4 Å². The van der Waals surface area contributed by atoms with Gasteiger partial charge in [-0.05, 0) is 31.2 Å². The van der Waals surface area contributed by atoms with Crippen molar-refractivity contribution < 1.29 is 9.63 Å². The first-order chi connectivity index (χ1) is 14.0. The molecule has 8 heteroatoms. The van der Waals surface area contributed by atoms with Crippen LogP contribution in [-0.2, 0) is 16.7 Å². The molecule has 4 rings (SSSR count). The summed E-state index contributed by atoms with van der Waals surface area (Å²) in [5.41, 5.74) is 2.89. The molecular formula is C21H19BrN4O3. The zero-order valence-electron chi connectivity index (χ0n) is 15.9. The maximum absolute atomic E-state index is 12.9. The molecule has 1 N–H and O–H groups in total. The molecule has 0 aliphatic carbocycles. The molecule has 0 saturated carbocycles. The van der Waals surface area contributed by atoms with Gasteiger partial charge in [-0.25, -0.2) is 4.68 Å². The molecule has 0 spiro atoms. The molecular weight excluding hydrogens is 436 g/mol. The van der Waals surface area contributed by atoms with Crippen LogP contribution in [0.25, 0.3) is 5.69 Å². The Hall–Kier alpha value is -3.13. The fourth-order valence-electron chi connectivity index (χ4n) is 3.27. The highest BCUT2D eigenvalue weighted by Gasteiger charge is 2.30. The van der Waals surface area contributed by atoms with Crippen molar-refractivity contribution in [2.24, 2.45) is 12.2 Å². The maximum atomic E-state index is 12.9. The van der Waals surface area contributed by atoms with E-state index in [1.807, 2.05) is 54.6 Å². The summed E-state index contributed by atoms with van der Waals surface area (Å²) in [4.78, 5) is 31.0. The number of carbonyl (C=O) groups is 1. The van der Waals surface area contributed by atoms with Crippen molar-refractivity contribution in [3.63, 3.8) is 0 Å². The van der Waals surface area contributed by atoms with E-state index in [2.05, 4.69) is 26.4 Å². The minimum atomic E-state index is -0.784. The van der Waals surface area contributed by atoms with Crippen molar-refractivity contribution in [2.75, 3.05) is 5.32 Å². The molecule has 2 heterocycles. The number of halogens is 1. The maximum Gasteiger partial charge on any atom is 0.295 e. The average molecular weight is 455 g/mol. The van der Waals surface area contributed by atoms with E-state index in [1.165, 1.54) is 4.68 Å². The predicted molar refractivity (Wildman–Crippen MR) is 115 cm³/mol. The van der Waals surface area contributed by atoms with Gasteiger partial charge in [0.05, 0.1) is 17.1 Å². The summed E-state index contributed by atoms with van der Waals surface area (Å²) in [5.74, 6) is -0.398. The van der Waals surface area contributed by atoms with Crippen LogP contribution in [0.1, 0.15) is 17.7 Å². The lowest BCUT2D eigenvalue weighted by Gasteiger charge is -2.08. The number of nitrogens with zero attached hydrogens (tertiary/aromatic N) is 3. The first kappa shape index (κ1) is 19.2. The third kappa shape index (κ3) is 3.63. The van der Waals surface area contributed by atoms with Gasteiger partial charge in [-0.3, -0.25) is 14.3 Å². The number of hydrogen-bond acceptors (Lipinski definition) is 4. The summed E-state index contributed by atoms with van der Waals surface area (Å²) >= 11 is 3.43. The van der Waals surface area contributed by atoms with Crippen LogP contribution < -0.4 is 10.9 Å². The van der Waals surface area contributed by atoms with Crippen LogP contribution in [0.2, 0.25) is 0 Å². The zero-order valence-corrected chi connectivity index (χ0v) is 17.5. The van der Waals surface area contributed by atoms with Gasteiger partial charge in [0.1, 0.15) is 5.69 Å². The van der Waals surface area contributed by atoms with Gasteiger partial charge in [0.25, 0.3) is 11.5 Å². The summed E-state index contributed by atoms with van der Waals surface area (Å²) in [6, 6.07) is 16.9. The largest absolute Gasteiger partial charge is 0.382 e. The molecule has 0 bridgehead atoms. The van der Waals surface area contributed by atoms with E-state index in [0.29, 0.717) is 17.8 Å². The average Bonchev–Trinajstić information content (AvgIpc) is 3.29. The summed E-state index contributed by atoms with van der Waals surface area (Å²) in [6.45, 7) is 1.79. The Morgan fingerprint density at radius 1 is 1.21 bits per heavy atom. The van der Waals surface area contributed by atoms with Crippen molar-refractivity contribution in [1.29, 1.82) is 0 Å². The minimum absolute atomic E-state index is 0.237. The van der Waals surface area contributed by atoms with Gasteiger partial charge in [0.2, 0.25) is 6.10 Å². The van der Waals surface area contributed by atoms with Gasteiger partial charge in [0.15, 0.2) is 0 Å². The second-order valence-corrected chi connectivity index (χ2v) is 7.69. The number of hydrogen-bond donors (Lipinski definition) is 1. The first-order valence-corrected chi connectivity index (χ1v) is 9.88. The Bertz CT molecular complexity index is 1160. The van der Waals surface area contributed by atoms with Crippen LogP contribution in [0.15, 0.2) is 69.0 Å². The van der Waals surface area contributed by atoms with Gasteiger partial charge in [-0.1, -0.05) is 51.4 Å². The van der Waals surface area contributed by atoms with Crippen LogP contribution in [0.4, 0.5) is 5.69 Å². The monoisotopic (exact) mass is 454 g/mol. The summed E-state index contributed by atoms with van der Waals surface area (Å²) in [7, 11) is 1.78. The zero-order chi connectivity index (χ0) is 20.5. The van der Waals surface area contributed by atoms with Crippen LogP contribution in [0.3, 0.4) is 0 Å². The quantitative estimate of drug-likeness (QED) is 0.656. The lowest BCUT2D eigenvalue weighted by atomic mass is 10.0. The number of para-hydroxylation sites is 1. The van der Waals surface area contributed by atoms with E-state index < -0.39 is 12.0 Å². The molecule has 1 atom stereocenters. The number of anilines is 1. The molecule has 2 aromatic carbocycles. The van der Waals surface area contributed by atoms with E-state index in [-0.39, 0.29) is 11.2 Å². The highest BCUT2D eigenvalue weighted by molar-refractivity contribution is 9.10. The van der Waals surface area contributed by atoms with Gasteiger partial charge < -0.3 is 10.2 Å². The minimum Gasteiger partial charge on any atom is -0.382 e. The fourth-order valence-corrected chi connectivity index (χ4v) is 3.67. The Labute approximate surface area is 175 Å². The van der Waals surface area contributed by atoms with Crippen LogP contribution in [0.5, 0.6) is 0 Å². The summed E-state index contributed by atoms with van der Waals surface area (Å²) in [5, 5.41) is 6.79. The van der Waals surface area contributed by atoms with E-state index in [9.17, 15) is 9.59 Å². The molecule has 1 aromatic heterocycles. The highest BCUT2D eigenvalue weighted by atomic mass is 79.9. The number of oxime groups is 1. The number of rotatable bonds is 4. The predicted octanol–water partition coefficient (Wildman–Crippen LogP) is 3.38. The van der Waals surface area contributed by atoms with E-state index in [0.717, 1.165) is 15.7 Å². The molecule has 0 fully saturated rings. The number of amides is 1. The topological polar surface area (TPSA) is 77.6 Å². The van der Waals surface area contributed by atoms with Crippen LogP contribution in [0, 0.1) is 6.92 Å². The Morgan fingerprint density at radius 3 is 2.69 bits per heavy atom. The summed E-state index contributed by atoms with van der Waals surface area (Å²) in [6.07, 6.45) is -0.450. The lowest BCUT2D eigenvalue weighted by molar-refractivity contribution is -0.125. The van der Waals surface area contributed by atoms with Gasteiger partial charge in [0, 0.05) is 23.5 Å². The van der Waals surface area contributed by atoms with Gasteiger partial charge >= 0.3 is 0 Å². The van der Waals surface area contributed by atoms with Crippen molar-refractivity contribution in [3.8, 4) is 5.69 Å². The Kier molecular flexibility index (Phi) is 5.10. The third-order valence-electron chi connectivity index (χ3n) is 4.92. The molecule has 0 unspecified atom stereocenters. The smallest absolute Gasteiger partial charge is 0.295 e. The molecule has 3 aromatic rings. The van der Waals surface area contributed by atoms with Crippen LogP contribution >= 0.6 is 15.9 Å². The van der Waals surface area contributed by atoms with E-state index >= 15 is 0 Å². The molecule has 0 radical (unpaired) electrons. The molecule has 7 nitrogen and oxygen atoms in total. The summed E-state index contributed by atoms with van der Waals surface area (Å²) < 4.78 is 4.16. The van der Waals surface area contributed by atoms with Crippen LogP contribution in [-0.4, -0.2) is 27.1 Å². The lowest BCUT2D eigenvalue weighted by Crippen LogP contribution is -2.30. The number of benzene rings is 2. The van der Waals surface area contributed by atoms with Crippen molar-refractivity contribution in [1.82, 2.24) is 9.36 Å². The standard InChI is InChI=1S/C21H19BrN4O3/c1-13-19(21(28)26(25(13)2)16-9-4-3-5-10-16)23-20(27)18-12-17(24-29-18)14-7-6-8-15(22)11-14/h3-11,18H,12H2,1-2H3,(H,23,27)/t18-/m0/s1. The normalized spacial score (nSPS) is 15.7. The molecule has 0 saturated heterocycles. The second kappa shape index (κ2) is 7.71. The molecule has 1 amide bonds. The Morgan fingerprint density at radius 2 is 1.97 bits per heavy atom. The fraction of sp³-hybridized carbons (Fsp3) is 0.190. The second-order valence-electron chi connectivity index (χ2n) is 6.77. The molecule has 29 heavy (non-hydrogen) atoms. The molecule has 1 aliphatic heterocycles. The van der Waals surface area contributed by atoms with E-state index in [1.54, 1.807) is 18.7 Å². The Balaban J connectivity index is 1.54. The first-order valence-electron chi connectivity index (χ1n) is 9.09. The van der Waals surface area contributed by atoms with Gasteiger partial charge in [-0.2, -0.15) is 0 Å². The van der Waals surface area contributed by atoms with E-state index in [4.69, 9.17) is 4.84 Å². The number of nitrogens with one attached hydrogen (secondary N) is 1. The number of aromatic nitrogens is 2. The van der Waals surface area contributed by atoms with Crippen molar-refractivity contribution in [3.05, 3.63) is 80.7 Å². The number of carbonyl (C=O) groups excluding carboxylic acids is 1. The molecule has 148 valence electrons. The third-order valence-corrected chi connectivity index (χ3v) is 5.41.